The Labute approximate surface area is 509 Å². The van der Waals surface area contributed by atoms with Crippen molar-refractivity contribution in [3.05, 3.63) is 300 Å². The van der Waals surface area contributed by atoms with Gasteiger partial charge < -0.3 is 28.9 Å². The van der Waals surface area contributed by atoms with E-state index in [0.29, 0.717) is 18.8 Å². The summed E-state index contributed by atoms with van der Waals surface area (Å²) in [6, 6.07) is 79.3. The van der Waals surface area contributed by atoms with Crippen LogP contribution in [0.1, 0.15) is 57.5 Å². The summed E-state index contributed by atoms with van der Waals surface area (Å²) in [5.41, 5.74) is 25.5. The van der Waals surface area contributed by atoms with Crippen LogP contribution >= 0.6 is 0 Å². The fraction of sp³-hybridized carbons (Fsp3) is 0.154. The van der Waals surface area contributed by atoms with Gasteiger partial charge in [-0.15, -0.1) is 0 Å². The maximum absolute atomic E-state index is 11.4. The second-order valence-electron chi connectivity index (χ2n) is 21.4. The molecule has 0 aliphatic rings. The number of nitrogens with zero attached hydrogens (tertiary/aromatic N) is 3. The van der Waals surface area contributed by atoms with E-state index in [1.165, 1.54) is 62.0 Å². The molecule has 8 heteroatoms. The smallest absolute Gasteiger partial charge is 0.333 e. The molecule has 0 amide bonds. The van der Waals surface area contributed by atoms with Crippen molar-refractivity contribution in [1.29, 1.82) is 0 Å². The molecule has 10 aromatic rings. The van der Waals surface area contributed by atoms with Gasteiger partial charge in [0.15, 0.2) is 0 Å². The maximum Gasteiger partial charge on any atom is 0.333 e. The van der Waals surface area contributed by atoms with Crippen molar-refractivity contribution in [3.8, 4) is 28.0 Å². The van der Waals surface area contributed by atoms with Crippen molar-refractivity contribution in [2.75, 3.05) is 28.1 Å². The molecular weight excluding hydrogens is 1060 g/mol. The largest absolute Gasteiger partial charge is 0.462 e. The van der Waals surface area contributed by atoms with E-state index < -0.39 is 5.97 Å². The van der Waals surface area contributed by atoms with Crippen molar-refractivity contribution in [2.45, 2.75) is 69.2 Å². The third-order valence-electron chi connectivity index (χ3n) is 14.9. The van der Waals surface area contributed by atoms with Crippen LogP contribution in [-0.4, -0.2) is 25.3 Å². The molecular formula is C78H77N3O5. The molecule has 0 atom stereocenters. The van der Waals surface area contributed by atoms with Crippen LogP contribution < -0.4 is 19.4 Å². The van der Waals surface area contributed by atoms with E-state index in [4.69, 9.17) is 14.2 Å². The zero-order chi connectivity index (χ0) is 60.0. The molecule has 10 aromatic carbocycles. The summed E-state index contributed by atoms with van der Waals surface area (Å²) in [6.07, 6.45) is 2.98. The highest BCUT2D eigenvalue weighted by Gasteiger charge is 2.19. The third-order valence-corrected chi connectivity index (χ3v) is 14.9. The molecule has 0 aliphatic carbocycles. The molecule has 0 bridgehead atoms. The Bertz CT molecular complexity index is 3810. The van der Waals surface area contributed by atoms with E-state index in [0.717, 1.165) is 73.7 Å². The zero-order valence-electron chi connectivity index (χ0n) is 49.9. The highest BCUT2D eigenvalue weighted by molar-refractivity contribution is 5.85. The van der Waals surface area contributed by atoms with Gasteiger partial charge in [0.25, 0.3) is 0 Å². The van der Waals surface area contributed by atoms with Gasteiger partial charge in [0.2, 0.25) is 6.79 Å². The molecule has 0 unspecified atom stereocenters. The fourth-order valence-corrected chi connectivity index (χ4v) is 10.3. The molecule has 8 nitrogen and oxygen atoms in total. The van der Waals surface area contributed by atoms with E-state index in [1.807, 2.05) is 24.3 Å². The second-order valence-corrected chi connectivity index (χ2v) is 21.4. The van der Waals surface area contributed by atoms with Gasteiger partial charge in [0.1, 0.15) is 5.75 Å². The number of hydrogen-bond acceptors (Lipinski definition) is 8. The van der Waals surface area contributed by atoms with Crippen molar-refractivity contribution in [3.63, 3.8) is 0 Å². The predicted octanol–water partition coefficient (Wildman–Crippen LogP) is 20.6. The van der Waals surface area contributed by atoms with Crippen LogP contribution in [0, 0.1) is 55.4 Å². The number of anilines is 9. The average molecular weight is 1140 g/mol. The van der Waals surface area contributed by atoms with Gasteiger partial charge in [0, 0.05) is 69.8 Å². The topological polar surface area (TPSA) is 71.5 Å². The van der Waals surface area contributed by atoms with Crippen LogP contribution in [0.4, 0.5) is 51.2 Å². The van der Waals surface area contributed by atoms with Crippen LogP contribution in [0.25, 0.3) is 22.3 Å². The molecule has 0 N–H and O–H groups in total. The molecule has 10 rings (SSSR count). The van der Waals surface area contributed by atoms with Crippen LogP contribution in [0.3, 0.4) is 0 Å². The summed E-state index contributed by atoms with van der Waals surface area (Å²) in [5.74, 6) is -0.311. The van der Waals surface area contributed by atoms with Gasteiger partial charge in [-0.3, -0.25) is 0 Å². The summed E-state index contributed by atoms with van der Waals surface area (Å²) < 4.78 is 15.7. The minimum atomic E-state index is -0.524. The number of carbonyl (C=O) groups is 2. The zero-order valence-corrected chi connectivity index (χ0v) is 49.9. The second kappa shape index (κ2) is 28.9. The lowest BCUT2D eigenvalue weighted by Gasteiger charge is -2.29. The van der Waals surface area contributed by atoms with Crippen LogP contribution in [0.5, 0.6) is 5.75 Å². The fourth-order valence-electron chi connectivity index (χ4n) is 10.3. The molecule has 0 aliphatic heterocycles. The number of hydrogen-bond donors (Lipinski definition) is 0. The number of aryl methyl sites for hydroxylation is 8. The Morgan fingerprint density at radius 1 is 0.360 bits per heavy atom. The molecule has 0 radical (unpaired) electrons. The van der Waals surface area contributed by atoms with E-state index in [-0.39, 0.29) is 20.2 Å². The van der Waals surface area contributed by atoms with Crippen molar-refractivity contribution in [2.24, 2.45) is 0 Å². The summed E-state index contributed by atoms with van der Waals surface area (Å²) >= 11 is 0. The quantitative estimate of drug-likeness (QED) is 0.0451. The first kappa shape index (κ1) is 61.9. The maximum atomic E-state index is 11.4. The summed E-state index contributed by atoms with van der Waals surface area (Å²) in [6.45, 7) is 24.1. The van der Waals surface area contributed by atoms with Gasteiger partial charge in [-0.2, -0.15) is 0 Å². The summed E-state index contributed by atoms with van der Waals surface area (Å²) in [4.78, 5) is 29.5. The van der Waals surface area contributed by atoms with Gasteiger partial charge in [-0.05, 0) is 203 Å². The molecule has 0 spiro atoms. The monoisotopic (exact) mass is 1140 g/mol. The first-order valence-electron chi connectivity index (χ1n) is 28.6. The number of ether oxygens (including phenoxy) is 3. The highest BCUT2D eigenvalue weighted by Crippen LogP contribution is 2.42. The van der Waals surface area contributed by atoms with Gasteiger partial charge >= 0.3 is 11.9 Å². The average Bonchev–Trinajstić information content (AvgIpc) is 2.12. The minimum absolute atomic E-state index is 0. The van der Waals surface area contributed by atoms with Gasteiger partial charge in [0.05, 0.1) is 6.61 Å². The first-order valence-corrected chi connectivity index (χ1v) is 28.6. The summed E-state index contributed by atoms with van der Waals surface area (Å²) in [5, 5.41) is 0. The SMILES string of the molecule is C.C=CC(=O)OCCc1ccc(-c2ccc(N(c3ccc(C)cc3)c3ccc(C)cc3)cc2)cc1.C=CC(=O)OCOc1ccc(N(c2ccc(-c3ccc(N(c4ccc(C)cc4C)c4ccc(C)cc4C)cc3)cc2)c2ccc(C)cc2C)cc1. The van der Waals surface area contributed by atoms with Crippen LogP contribution in [-0.2, 0) is 25.5 Å². The van der Waals surface area contributed by atoms with E-state index in [1.54, 1.807) is 0 Å². The van der Waals surface area contributed by atoms with Crippen LogP contribution in [0.15, 0.2) is 250 Å². The number of benzene rings is 10. The van der Waals surface area contributed by atoms with Crippen LogP contribution in [0.2, 0.25) is 0 Å². The predicted molar refractivity (Wildman–Crippen MR) is 359 cm³/mol. The lowest BCUT2D eigenvalue weighted by molar-refractivity contribution is -0.144. The molecule has 0 saturated heterocycles. The number of esters is 2. The molecule has 0 aromatic heterocycles. The Balaban J connectivity index is 0.000000239. The Kier molecular flexibility index (Phi) is 20.8. The first-order chi connectivity index (χ1) is 41.1. The Hall–Kier alpha value is -10.2. The summed E-state index contributed by atoms with van der Waals surface area (Å²) in [7, 11) is 0. The van der Waals surface area contributed by atoms with Crippen molar-refractivity contribution in [1.82, 2.24) is 0 Å². The normalized spacial score (nSPS) is 10.6. The van der Waals surface area contributed by atoms with E-state index in [2.05, 4.69) is 283 Å². The number of carbonyl (C=O) groups excluding carboxylic acids is 2. The lowest BCUT2D eigenvalue weighted by atomic mass is 10.0. The Morgan fingerprint density at radius 3 is 1.03 bits per heavy atom. The Morgan fingerprint density at radius 2 is 0.663 bits per heavy atom. The van der Waals surface area contributed by atoms with Gasteiger partial charge in [-0.1, -0.05) is 170 Å². The highest BCUT2D eigenvalue weighted by atomic mass is 16.7. The molecule has 434 valence electrons. The standard InChI is InChI=1S/C46H44N2O3.C31H29NO2.CH4/c1-8-46(49)51-30-50-42-22-20-40(21-23-42)47(43-24-9-31(2)27-34(43)5)39-16-12-37(13-17-39)38-14-18-41(19-15-38)48(44-25-10-32(3)28-35(44)6)45-26-11-33(4)29-36(45)7;1-4-31(33)34-22-21-25-9-11-26(12-10-25)27-13-19-30(20-14-27)32(28-15-5-23(2)6-16-28)29-17-7-24(3)8-18-29;/h8-29H,1,30H2,2-7H3;4-20H,1,21-22H2,2-3H3;1H4. The third kappa shape index (κ3) is 15.5. The number of rotatable bonds is 19. The van der Waals surface area contributed by atoms with Gasteiger partial charge in [-0.25, -0.2) is 9.59 Å². The van der Waals surface area contributed by atoms with Crippen molar-refractivity contribution >= 4 is 63.1 Å². The minimum Gasteiger partial charge on any atom is -0.462 e. The van der Waals surface area contributed by atoms with Crippen molar-refractivity contribution < 1.29 is 23.8 Å². The van der Waals surface area contributed by atoms with E-state index in [9.17, 15) is 9.59 Å². The lowest BCUT2D eigenvalue weighted by Crippen LogP contribution is -2.13. The molecule has 0 heterocycles. The molecule has 0 fully saturated rings. The molecule has 86 heavy (non-hydrogen) atoms. The van der Waals surface area contributed by atoms with E-state index >= 15 is 0 Å². The molecule has 0 saturated carbocycles.